The SMILES string of the molecule is CCC(C1=C(C)CCC=C1)C(NC)C(C)(F)P. The predicted molar refractivity (Wildman–Crippen MR) is 76.9 cm³/mol. The monoisotopic (exact) mass is 257 g/mol. The molecule has 0 aromatic heterocycles. The molecular formula is C14H25FNP. The van der Waals surface area contributed by atoms with Gasteiger partial charge in [0.2, 0.25) is 0 Å². The fourth-order valence-corrected chi connectivity index (χ4v) is 3.15. The first-order chi connectivity index (χ1) is 7.91. The maximum Gasteiger partial charge on any atom is 0.136 e. The van der Waals surface area contributed by atoms with E-state index in [4.69, 9.17) is 0 Å². The molecule has 0 aliphatic heterocycles. The number of rotatable bonds is 5. The molecule has 0 saturated heterocycles. The minimum Gasteiger partial charge on any atom is -0.313 e. The van der Waals surface area contributed by atoms with Crippen LogP contribution in [0.15, 0.2) is 23.3 Å². The summed E-state index contributed by atoms with van der Waals surface area (Å²) in [6.07, 6.45) is 7.57. The molecule has 0 aromatic rings. The Labute approximate surface area is 107 Å². The molecule has 0 fully saturated rings. The topological polar surface area (TPSA) is 12.0 Å². The molecule has 4 atom stereocenters. The van der Waals surface area contributed by atoms with E-state index in [1.807, 2.05) is 7.05 Å². The van der Waals surface area contributed by atoms with Gasteiger partial charge in [-0.2, -0.15) is 0 Å². The Morgan fingerprint density at radius 2 is 2.24 bits per heavy atom. The van der Waals surface area contributed by atoms with Gasteiger partial charge >= 0.3 is 0 Å². The Morgan fingerprint density at radius 3 is 2.65 bits per heavy atom. The lowest BCUT2D eigenvalue weighted by Gasteiger charge is -2.35. The van der Waals surface area contributed by atoms with Crippen LogP contribution in [-0.4, -0.2) is 18.5 Å². The van der Waals surface area contributed by atoms with Crippen LogP contribution in [0.3, 0.4) is 0 Å². The summed E-state index contributed by atoms with van der Waals surface area (Å²) >= 11 is 0. The first kappa shape index (κ1) is 14.9. The summed E-state index contributed by atoms with van der Waals surface area (Å²) in [6.45, 7) is 5.94. The predicted octanol–water partition coefficient (Wildman–Crippen LogP) is 3.83. The normalized spacial score (nSPS) is 23.4. The van der Waals surface area contributed by atoms with Crippen molar-refractivity contribution in [1.29, 1.82) is 0 Å². The number of nitrogens with one attached hydrogen (secondary N) is 1. The van der Waals surface area contributed by atoms with Crippen LogP contribution >= 0.6 is 9.24 Å². The van der Waals surface area contributed by atoms with E-state index in [9.17, 15) is 4.39 Å². The zero-order valence-electron chi connectivity index (χ0n) is 11.4. The summed E-state index contributed by atoms with van der Waals surface area (Å²) in [5.74, 6) is 0.240. The fraction of sp³-hybridized carbons (Fsp3) is 0.714. The van der Waals surface area contributed by atoms with Crippen molar-refractivity contribution in [3.8, 4) is 0 Å². The third kappa shape index (κ3) is 3.63. The molecule has 1 rings (SSSR count). The maximum atomic E-state index is 14.2. The van der Waals surface area contributed by atoms with Crippen molar-refractivity contribution >= 4 is 9.24 Å². The van der Waals surface area contributed by atoms with Crippen molar-refractivity contribution in [2.24, 2.45) is 5.92 Å². The lowest BCUT2D eigenvalue weighted by Crippen LogP contribution is -2.46. The van der Waals surface area contributed by atoms with Crippen molar-refractivity contribution in [2.75, 3.05) is 7.05 Å². The van der Waals surface area contributed by atoms with Crippen molar-refractivity contribution in [3.05, 3.63) is 23.3 Å². The third-order valence-electron chi connectivity index (χ3n) is 3.64. The van der Waals surface area contributed by atoms with Gasteiger partial charge in [0, 0.05) is 5.92 Å². The Balaban J connectivity index is 3.01. The molecule has 0 saturated carbocycles. The third-order valence-corrected chi connectivity index (χ3v) is 4.00. The van der Waals surface area contributed by atoms with Gasteiger partial charge in [0.25, 0.3) is 0 Å². The zero-order valence-corrected chi connectivity index (χ0v) is 12.5. The van der Waals surface area contributed by atoms with Gasteiger partial charge in [0.15, 0.2) is 0 Å². The second kappa shape index (κ2) is 6.11. The van der Waals surface area contributed by atoms with Crippen LogP contribution in [-0.2, 0) is 0 Å². The van der Waals surface area contributed by atoms with Crippen molar-refractivity contribution in [3.63, 3.8) is 0 Å². The molecule has 1 N–H and O–H groups in total. The average Bonchev–Trinajstić information content (AvgIpc) is 2.25. The van der Waals surface area contributed by atoms with Crippen LogP contribution in [0, 0.1) is 5.92 Å². The Hall–Kier alpha value is -0.200. The molecule has 1 nitrogen and oxygen atoms in total. The highest BCUT2D eigenvalue weighted by Gasteiger charge is 2.35. The van der Waals surface area contributed by atoms with Crippen LogP contribution in [0.2, 0.25) is 0 Å². The molecule has 0 bridgehead atoms. The minimum atomic E-state index is -1.28. The number of hydrogen-bond acceptors (Lipinski definition) is 1. The van der Waals surface area contributed by atoms with E-state index in [2.05, 4.69) is 40.6 Å². The second-order valence-electron chi connectivity index (χ2n) is 5.11. The van der Waals surface area contributed by atoms with Crippen molar-refractivity contribution in [1.82, 2.24) is 5.32 Å². The fourth-order valence-electron chi connectivity index (χ4n) is 2.75. The number of allylic oxidation sites excluding steroid dienone is 3. The van der Waals surface area contributed by atoms with Crippen LogP contribution in [0.5, 0.6) is 0 Å². The summed E-state index contributed by atoms with van der Waals surface area (Å²) in [7, 11) is 4.17. The van der Waals surface area contributed by atoms with Gasteiger partial charge in [-0.25, -0.2) is 4.39 Å². The summed E-state index contributed by atoms with van der Waals surface area (Å²) in [4.78, 5) is 0. The summed E-state index contributed by atoms with van der Waals surface area (Å²) in [6, 6.07) is -0.162. The number of hydrogen-bond donors (Lipinski definition) is 1. The molecule has 1 aliphatic carbocycles. The summed E-state index contributed by atoms with van der Waals surface area (Å²) in [5.41, 5.74) is 2.73. The molecule has 1 aliphatic rings. The summed E-state index contributed by atoms with van der Waals surface area (Å²) < 4.78 is 14.2. The molecule has 0 radical (unpaired) electrons. The maximum absolute atomic E-state index is 14.2. The molecule has 0 amide bonds. The van der Waals surface area contributed by atoms with Gasteiger partial charge in [-0.05, 0) is 45.7 Å². The zero-order chi connectivity index (χ0) is 13.1. The standard InChI is InChI=1S/C14H25FNP/c1-5-11(13(16-4)14(3,15)17)12-9-7-6-8-10(12)2/h7,9,11,13,16H,5-6,8,17H2,1-4H3. The van der Waals surface area contributed by atoms with E-state index in [-0.39, 0.29) is 12.0 Å². The van der Waals surface area contributed by atoms with E-state index < -0.39 is 5.41 Å². The number of alkyl halides is 1. The van der Waals surface area contributed by atoms with Crippen molar-refractivity contribution in [2.45, 2.75) is 51.5 Å². The van der Waals surface area contributed by atoms with Gasteiger partial charge in [0.1, 0.15) is 5.41 Å². The molecule has 98 valence electrons. The van der Waals surface area contributed by atoms with E-state index in [0.717, 1.165) is 19.3 Å². The average molecular weight is 257 g/mol. The molecular weight excluding hydrogens is 232 g/mol. The van der Waals surface area contributed by atoms with Crippen LogP contribution in [0.4, 0.5) is 4.39 Å². The number of halogens is 1. The highest BCUT2D eigenvalue weighted by atomic mass is 31.0. The van der Waals surface area contributed by atoms with Crippen LogP contribution in [0.1, 0.15) is 40.0 Å². The Morgan fingerprint density at radius 1 is 1.59 bits per heavy atom. The summed E-state index contributed by atoms with van der Waals surface area (Å²) in [5, 5.41) is 1.86. The first-order valence-corrected chi connectivity index (χ1v) is 7.00. The van der Waals surface area contributed by atoms with E-state index in [0.29, 0.717) is 0 Å². The smallest absolute Gasteiger partial charge is 0.136 e. The lowest BCUT2D eigenvalue weighted by molar-refractivity contribution is 0.196. The molecule has 0 heterocycles. The van der Waals surface area contributed by atoms with E-state index in [1.54, 1.807) is 6.92 Å². The Kier molecular flexibility index (Phi) is 5.34. The molecule has 0 aromatic carbocycles. The molecule has 4 unspecified atom stereocenters. The Bertz CT molecular complexity index is 315. The van der Waals surface area contributed by atoms with Crippen molar-refractivity contribution < 1.29 is 4.39 Å². The van der Waals surface area contributed by atoms with Gasteiger partial charge in [-0.1, -0.05) is 33.9 Å². The van der Waals surface area contributed by atoms with Gasteiger partial charge in [0.05, 0.1) is 6.04 Å². The van der Waals surface area contributed by atoms with E-state index in [1.165, 1.54) is 11.1 Å². The van der Waals surface area contributed by atoms with Gasteiger partial charge in [-0.3, -0.25) is 0 Å². The van der Waals surface area contributed by atoms with Gasteiger partial charge < -0.3 is 5.32 Å². The highest BCUT2D eigenvalue weighted by molar-refractivity contribution is 7.18. The van der Waals surface area contributed by atoms with E-state index >= 15 is 0 Å². The highest BCUT2D eigenvalue weighted by Crippen LogP contribution is 2.36. The van der Waals surface area contributed by atoms with Gasteiger partial charge in [-0.15, -0.1) is 0 Å². The van der Waals surface area contributed by atoms with Crippen LogP contribution in [0.25, 0.3) is 0 Å². The molecule has 0 spiro atoms. The largest absolute Gasteiger partial charge is 0.313 e. The first-order valence-electron chi connectivity index (χ1n) is 6.43. The quantitative estimate of drug-likeness (QED) is 0.738. The molecule has 17 heavy (non-hydrogen) atoms. The van der Waals surface area contributed by atoms with Crippen LogP contribution < -0.4 is 5.32 Å². The minimum absolute atomic E-state index is 0.162. The molecule has 3 heteroatoms. The lowest BCUT2D eigenvalue weighted by atomic mass is 9.81. The second-order valence-corrected chi connectivity index (χ2v) is 6.24.